The van der Waals surface area contributed by atoms with Crippen LogP contribution in [0.3, 0.4) is 0 Å². The zero-order chi connectivity index (χ0) is 30.6. The Bertz CT molecular complexity index is 1660. The molecule has 218 valence electrons. The minimum Gasteiger partial charge on any atom is -0.345 e. The Morgan fingerprint density at radius 3 is 2.45 bits per heavy atom. The van der Waals surface area contributed by atoms with Gasteiger partial charge in [0, 0.05) is 22.9 Å². The molecule has 1 heterocycles. The van der Waals surface area contributed by atoms with Crippen molar-refractivity contribution in [3.05, 3.63) is 104 Å². The highest BCUT2D eigenvalue weighted by Gasteiger charge is 2.31. The van der Waals surface area contributed by atoms with Gasteiger partial charge in [0.05, 0.1) is 33.5 Å². The van der Waals surface area contributed by atoms with E-state index in [4.69, 9.17) is 11.6 Å². The van der Waals surface area contributed by atoms with Crippen molar-refractivity contribution in [2.24, 2.45) is 0 Å². The number of halogens is 5. The number of hydrogen-bond acceptors (Lipinski definition) is 7. The highest BCUT2D eigenvalue weighted by atomic mass is 35.5. The fraction of sp³-hybridized carbons (Fsp3) is 0.154. The summed E-state index contributed by atoms with van der Waals surface area (Å²) in [6.07, 6.45) is -4.63. The Balaban J connectivity index is 1.52. The van der Waals surface area contributed by atoms with Crippen LogP contribution < -0.4 is 10.6 Å². The van der Waals surface area contributed by atoms with E-state index in [1.165, 1.54) is 41.0 Å². The van der Waals surface area contributed by atoms with Crippen LogP contribution in [-0.4, -0.2) is 37.3 Å². The Labute approximate surface area is 244 Å². The van der Waals surface area contributed by atoms with Gasteiger partial charge in [-0.1, -0.05) is 29.4 Å². The number of nitro groups is 1. The van der Waals surface area contributed by atoms with Gasteiger partial charge in [-0.15, -0.1) is 10.2 Å². The summed E-state index contributed by atoms with van der Waals surface area (Å²) in [4.78, 5) is 35.9. The van der Waals surface area contributed by atoms with Gasteiger partial charge in [0.25, 0.3) is 11.6 Å². The molecule has 2 N–H and O–H groups in total. The first-order valence-corrected chi connectivity index (χ1v) is 13.2. The van der Waals surface area contributed by atoms with E-state index in [-0.39, 0.29) is 45.2 Å². The molecular formula is C26H19ClF4N6O4S. The lowest BCUT2D eigenvalue weighted by Gasteiger charge is -2.12. The number of aromatic nitrogens is 3. The zero-order valence-corrected chi connectivity index (χ0v) is 23.0. The normalized spacial score (nSPS) is 11.3. The van der Waals surface area contributed by atoms with Crippen molar-refractivity contribution in [2.45, 2.75) is 24.8 Å². The van der Waals surface area contributed by atoms with Crippen LogP contribution in [0.4, 0.5) is 28.9 Å². The molecule has 0 atom stereocenters. The highest BCUT2D eigenvalue weighted by molar-refractivity contribution is 7.99. The van der Waals surface area contributed by atoms with E-state index in [2.05, 4.69) is 20.8 Å². The van der Waals surface area contributed by atoms with E-state index in [1.807, 2.05) is 0 Å². The van der Waals surface area contributed by atoms with E-state index in [1.54, 1.807) is 6.92 Å². The summed E-state index contributed by atoms with van der Waals surface area (Å²) in [6.45, 7) is 1.34. The second-order valence-corrected chi connectivity index (χ2v) is 10.0. The third-order valence-electron chi connectivity index (χ3n) is 5.76. The quantitative estimate of drug-likeness (QED) is 0.102. The van der Waals surface area contributed by atoms with Crippen LogP contribution >= 0.6 is 23.4 Å². The van der Waals surface area contributed by atoms with E-state index in [9.17, 15) is 37.3 Å². The lowest BCUT2D eigenvalue weighted by atomic mass is 10.1. The Kier molecular flexibility index (Phi) is 9.11. The van der Waals surface area contributed by atoms with Crippen LogP contribution in [0.25, 0.3) is 5.69 Å². The van der Waals surface area contributed by atoms with Gasteiger partial charge in [-0.25, -0.2) is 4.39 Å². The number of anilines is 1. The SMILES string of the molecule is Cc1ccc(C(=O)NCc2nnc(SCC(=O)Nc3cc(C(F)(F)F)ccc3Cl)n2-c2ccc(F)cc2)cc1[N+](=O)[O-]. The second-order valence-electron chi connectivity index (χ2n) is 8.68. The number of rotatable bonds is 9. The van der Waals surface area contributed by atoms with Crippen LogP contribution in [-0.2, 0) is 17.5 Å². The minimum atomic E-state index is -4.63. The number of carbonyl (C=O) groups excluding carboxylic acids is 2. The standard InChI is InChI=1S/C26H19ClF4N6O4S/c1-14-2-3-15(10-21(14)37(40)41)24(39)32-12-22-34-35-25(36(22)18-7-5-17(28)6-8-18)42-13-23(38)33-20-11-16(26(29,30)31)4-9-19(20)27/h2-11H,12-13H2,1H3,(H,32,39)(H,33,38). The smallest absolute Gasteiger partial charge is 0.345 e. The summed E-state index contributed by atoms with van der Waals surface area (Å²) in [6, 6.07) is 11.7. The maximum absolute atomic E-state index is 13.6. The fourth-order valence-electron chi connectivity index (χ4n) is 3.68. The van der Waals surface area contributed by atoms with Crippen molar-refractivity contribution in [2.75, 3.05) is 11.1 Å². The summed E-state index contributed by atoms with van der Waals surface area (Å²) in [7, 11) is 0. The molecule has 0 aliphatic heterocycles. The highest BCUT2D eigenvalue weighted by Crippen LogP contribution is 2.34. The Morgan fingerprint density at radius 2 is 1.79 bits per heavy atom. The molecule has 0 aliphatic carbocycles. The number of hydrogen-bond donors (Lipinski definition) is 2. The number of thioether (sulfide) groups is 1. The molecular weight excluding hydrogens is 604 g/mol. The molecule has 42 heavy (non-hydrogen) atoms. The van der Waals surface area contributed by atoms with Gasteiger partial charge in [0.1, 0.15) is 5.82 Å². The minimum absolute atomic E-state index is 0.0414. The van der Waals surface area contributed by atoms with E-state index < -0.39 is 34.3 Å². The van der Waals surface area contributed by atoms with Gasteiger partial charge in [0.15, 0.2) is 11.0 Å². The molecule has 0 aliphatic rings. The molecule has 3 aromatic carbocycles. The van der Waals surface area contributed by atoms with Crippen molar-refractivity contribution < 1.29 is 32.1 Å². The summed E-state index contributed by atoms with van der Waals surface area (Å²) in [5.74, 6) is -1.97. The first-order valence-electron chi connectivity index (χ1n) is 11.9. The lowest BCUT2D eigenvalue weighted by Crippen LogP contribution is -2.25. The molecule has 4 aromatic rings. The van der Waals surface area contributed by atoms with Gasteiger partial charge < -0.3 is 10.6 Å². The van der Waals surface area contributed by atoms with Gasteiger partial charge in [-0.2, -0.15) is 13.2 Å². The second kappa shape index (κ2) is 12.6. The summed E-state index contributed by atoms with van der Waals surface area (Å²) < 4.78 is 54.2. The van der Waals surface area contributed by atoms with E-state index in [0.717, 1.165) is 36.0 Å². The molecule has 16 heteroatoms. The first-order chi connectivity index (χ1) is 19.8. The third-order valence-corrected chi connectivity index (χ3v) is 7.02. The largest absolute Gasteiger partial charge is 0.416 e. The van der Waals surface area contributed by atoms with Crippen molar-refractivity contribution in [1.82, 2.24) is 20.1 Å². The van der Waals surface area contributed by atoms with Crippen LogP contribution in [0.1, 0.15) is 27.3 Å². The number of nitrogens with zero attached hydrogens (tertiary/aromatic N) is 4. The molecule has 0 radical (unpaired) electrons. The van der Waals surface area contributed by atoms with Gasteiger partial charge in [-0.3, -0.25) is 24.3 Å². The Morgan fingerprint density at radius 1 is 1.07 bits per heavy atom. The van der Waals surface area contributed by atoms with Crippen LogP contribution in [0.2, 0.25) is 5.02 Å². The summed E-state index contributed by atoms with van der Waals surface area (Å²) in [5.41, 5.74) is -0.621. The maximum atomic E-state index is 13.6. The monoisotopic (exact) mass is 622 g/mol. The van der Waals surface area contributed by atoms with Crippen molar-refractivity contribution >= 4 is 46.6 Å². The summed E-state index contributed by atoms with van der Waals surface area (Å²) >= 11 is 6.83. The van der Waals surface area contributed by atoms with Gasteiger partial charge >= 0.3 is 6.18 Å². The van der Waals surface area contributed by atoms with Crippen molar-refractivity contribution in [1.29, 1.82) is 0 Å². The topological polar surface area (TPSA) is 132 Å². The average molecular weight is 623 g/mol. The molecule has 0 fully saturated rings. The molecule has 2 amide bonds. The molecule has 0 spiro atoms. The predicted octanol–water partition coefficient (Wildman–Crippen LogP) is 5.96. The summed E-state index contributed by atoms with van der Waals surface area (Å²) in [5, 5.41) is 24.3. The molecule has 0 bridgehead atoms. The third kappa shape index (κ3) is 7.22. The van der Waals surface area contributed by atoms with Gasteiger partial charge in [-0.05, 0) is 55.5 Å². The van der Waals surface area contributed by atoms with E-state index >= 15 is 0 Å². The van der Waals surface area contributed by atoms with Crippen LogP contribution in [0.15, 0.2) is 65.8 Å². The number of benzene rings is 3. The molecule has 0 unspecified atom stereocenters. The molecule has 1 aromatic heterocycles. The maximum Gasteiger partial charge on any atom is 0.416 e. The van der Waals surface area contributed by atoms with E-state index in [0.29, 0.717) is 11.3 Å². The number of carbonyl (C=O) groups is 2. The van der Waals surface area contributed by atoms with Gasteiger partial charge in [0.2, 0.25) is 5.91 Å². The number of aryl methyl sites for hydroxylation is 1. The molecule has 10 nitrogen and oxygen atoms in total. The average Bonchev–Trinajstić information content (AvgIpc) is 3.34. The van der Waals surface area contributed by atoms with Crippen molar-refractivity contribution in [3.8, 4) is 5.69 Å². The van der Waals surface area contributed by atoms with Crippen LogP contribution in [0.5, 0.6) is 0 Å². The first kappa shape index (κ1) is 30.5. The number of alkyl halides is 3. The van der Waals surface area contributed by atoms with Crippen molar-refractivity contribution in [3.63, 3.8) is 0 Å². The molecule has 4 rings (SSSR count). The lowest BCUT2D eigenvalue weighted by molar-refractivity contribution is -0.385. The molecule has 0 saturated carbocycles. The number of nitrogens with one attached hydrogen (secondary N) is 2. The zero-order valence-electron chi connectivity index (χ0n) is 21.4. The molecule has 0 saturated heterocycles. The number of nitro benzene ring substituents is 1. The Hall–Kier alpha value is -4.50. The fourth-order valence-corrected chi connectivity index (χ4v) is 4.62. The number of amides is 2. The predicted molar refractivity (Wildman–Crippen MR) is 146 cm³/mol. The van der Waals surface area contributed by atoms with Crippen LogP contribution in [0, 0.1) is 22.9 Å².